The fraction of sp³-hybridized carbons (Fsp3) is 0.526. The Morgan fingerprint density at radius 1 is 1.21 bits per heavy atom. The molecule has 0 N–H and O–H groups in total. The summed E-state index contributed by atoms with van der Waals surface area (Å²) in [5.41, 5.74) is 0.362. The van der Waals surface area contributed by atoms with Gasteiger partial charge in [0.1, 0.15) is 5.76 Å². The number of amides is 1. The van der Waals surface area contributed by atoms with E-state index in [0.29, 0.717) is 17.2 Å². The summed E-state index contributed by atoms with van der Waals surface area (Å²) in [7, 11) is 2.19. The van der Waals surface area contributed by atoms with Crippen molar-refractivity contribution in [2.45, 2.75) is 38.3 Å². The summed E-state index contributed by atoms with van der Waals surface area (Å²) in [6.45, 7) is 2.50. The summed E-state index contributed by atoms with van der Waals surface area (Å²) in [5, 5.41) is 0. The number of carbonyl (C=O) groups is 1. The third kappa shape index (κ3) is 2.67. The molecule has 2 fully saturated rings. The molecule has 24 heavy (non-hydrogen) atoms. The van der Waals surface area contributed by atoms with Gasteiger partial charge in [-0.2, -0.15) is 0 Å². The number of hydrogen-bond acceptors (Lipinski definition) is 4. The van der Waals surface area contributed by atoms with Gasteiger partial charge < -0.3 is 13.7 Å². The van der Waals surface area contributed by atoms with Crippen molar-refractivity contribution in [2.24, 2.45) is 5.41 Å². The number of furan rings is 2. The summed E-state index contributed by atoms with van der Waals surface area (Å²) in [4.78, 5) is 16.8. The predicted octanol–water partition coefficient (Wildman–Crippen LogP) is 3.39. The maximum Gasteiger partial charge on any atom is 0.289 e. The summed E-state index contributed by atoms with van der Waals surface area (Å²) in [6.07, 6.45) is 7.95. The molecule has 5 heteroatoms. The molecule has 1 aliphatic carbocycles. The Hall–Kier alpha value is -2.01. The van der Waals surface area contributed by atoms with Gasteiger partial charge >= 0.3 is 0 Å². The Labute approximate surface area is 142 Å². The van der Waals surface area contributed by atoms with E-state index < -0.39 is 0 Å². The zero-order chi connectivity index (χ0) is 16.6. The number of nitrogens with zero attached hydrogens (tertiary/aromatic N) is 2. The molecule has 1 amide bonds. The highest BCUT2D eigenvalue weighted by Gasteiger charge is 2.50. The van der Waals surface area contributed by atoms with E-state index >= 15 is 0 Å². The molecule has 1 saturated heterocycles. The Bertz CT molecular complexity index is 670. The standard InChI is InChI=1S/C19H24N2O3/c1-20(14-15-4-2-12-23-15)17-6-7-19(17)8-10-21(11-9-19)18(22)16-5-3-13-24-16/h2-5,12-13,17H,6-11,14H2,1H3/t17-/m0/s1. The summed E-state index contributed by atoms with van der Waals surface area (Å²) < 4.78 is 10.7. The second-order valence-corrected chi connectivity index (χ2v) is 7.18. The second kappa shape index (κ2) is 6.13. The fourth-order valence-electron chi connectivity index (χ4n) is 4.42. The van der Waals surface area contributed by atoms with Crippen molar-refractivity contribution in [1.82, 2.24) is 9.80 Å². The third-order valence-electron chi connectivity index (χ3n) is 5.92. The number of hydrogen-bond donors (Lipinski definition) is 0. The van der Waals surface area contributed by atoms with Crippen LogP contribution in [0, 0.1) is 5.41 Å². The number of likely N-dealkylation sites (tertiary alicyclic amines) is 1. The van der Waals surface area contributed by atoms with E-state index in [1.165, 1.54) is 12.8 Å². The van der Waals surface area contributed by atoms with Crippen LogP contribution in [0.2, 0.25) is 0 Å². The normalized spacial score (nSPS) is 22.8. The monoisotopic (exact) mass is 328 g/mol. The molecule has 128 valence electrons. The largest absolute Gasteiger partial charge is 0.468 e. The van der Waals surface area contributed by atoms with Crippen LogP contribution in [0.15, 0.2) is 45.6 Å². The molecule has 0 unspecified atom stereocenters. The quantitative estimate of drug-likeness (QED) is 0.863. The predicted molar refractivity (Wildman–Crippen MR) is 89.5 cm³/mol. The van der Waals surface area contributed by atoms with E-state index in [2.05, 4.69) is 11.9 Å². The number of piperidine rings is 1. The fourth-order valence-corrected chi connectivity index (χ4v) is 4.42. The first-order valence-corrected chi connectivity index (χ1v) is 8.73. The van der Waals surface area contributed by atoms with Crippen molar-refractivity contribution in [3.8, 4) is 0 Å². The van der Waals surface area contributed by atoms with Crippen LogP contribution in [-0.4, -0.2) is 41.9 Å². The highest BCUT2D eigenvalue weighted by Crippen LogP contribution is 2.51. The smallest absolute Gasteiger partial charge is 0.289 e. The average molecular weight is 328 g/mol. The van der Waals surface area contributed by atoms with Crippen LogP contribution in [0.5, 0.6) is 0 Å². The van der Waals surface area contributed by atoms with Gasteiger partial charge in [-0.15, -0.1) is 0 Å². The second-order valence-electron chi connectivity index (χ2n) is 7.18. The summed E-state index contributed by atoms with van der Waals surface area (Å²) in [5.74, 6) is 1.49. The van der Waals surface area contributed by atoms with E-state index in [4.69, 9.17) is 8.83 Å². The molecule has 2 aliphatic rings. The Morgan fingerprint density at radius 3 is 2.54 bits per heavy atom. The van der Waals surface area contributed by atoms with E-state index in [-0.39, 0.29) is 5.91 Å². The van der Waals surface area contributed by atoms with Crippen LogP contribution in [0.25, 0.3) is 0 Å². The van der Waals surface area contributed by atoms with Crippen molar-refractivity contribution in [3.63, 3.8) is 0 Å². The summed E-state index contributed by atoms with van der Waals surface area (Å²) >= 11 is 0. The highest BCUT2D eigenvalue weighted by molar-refractivity contribution is 5.91. The van der Waals surface area contributed by atoms with E-state index in [1.54, 1.807) is 24.7 Å². The molecule has 3 heterocycles. The molecule has 0 aromatic carbocycles. The zero-order valence-electron chi connectivity index (χ0n) is 14.1. The molecule has 1 aliphatic heterocycles. The van der Waals surface area contributed by atoms with Crippen LogP contribution < -0.4 is 0 Å². The van der Waals surface area contributed by atoms with Gasteiger partial charge in [0.15, 0.2) is 5.76 Å². The molecule has 2 aromatic rings. The van der Waals surface area contributed by atoms with Crippen molar-refractivity contribution in [2.75, 3.05) is 20.1 Å². The van der Waals surface area contributed by atoms with Crippen molar-refractivity contribution in [1.29, 1.82) is 0 Å². The third-order valence-corrected chi connectivity index (χ3v) is 5.92. The Balaban J connectivity index is 1.36. The van der Waals surface area contributed by atoms with Crippen molar-refractivity contribution >= 4 is 5.91 Å². The maximum absolute atomic E-state index is 12.4. The van der Waals surface area contributed by atoms with Crippen LogP contribution in [0.1, 0.15) is 42.0 Å². The number of carbonyl (C=O) groups excluding carboxylic acids is 1. The number of rotatable bonds is 4. The summed E-state index contributed by atoms with van der Waals surface area (Å²) in [6, 6.07) is 8.08. The molecule has 0 radical (unpaired) electrons. The SMILES string of the molecule is CN(Cc1ccco1)[C@H]1CCC12CCN(C(=O)c1ccco1)CC2. The maximum atomic E-state index is 12.4. The average Bonchev–Trinajstić information content (AvgIpc) is 3.26. The lowest BCUT2D eigenvalue weighted by atomic mass is 9.58. The van der Waals surface area contributed by atoms with Gasteiger partial charge in [0.05, 0.1) is 19.1 Å². The molecule has 1 spiro atoms. The van der Waals surface area contributed by atoms with Gasteiger partial charge in [0, 0.05) is 19.1 Å². The van der Waals surface area contributed by atoms with Gasteiger partial charge in [-0.3, -0.25) is 9.69 Å². The Kier molecular flexibility index (Phi) is 3.96. The molecule has 0 bridgehead atoms. The van der Waals surface area contributed by atoms with Crippen LogP contribution in [0.3, 0.4) is 0 Å². The highest BCUT2D eigenvalue weighted by atomic mass is 16.3. The molecule has 5 nitrogen and oxygen atoms in total. The minimum atomic E-state index is 0.0228. The molecule has 4 rings (SSSR count). The molecular formula is C19H24N2O3. The van der Waals surface area contributed by atoms with Crippen LogP contribution in [-0.2, 0) is 6.54 Å². The minimum Gasteiger partial charge on any atom is -0.468 e. The topological polar surface area (TPSA) is 49.8 Å². The zero-order valence-corrected chi connectivity index (χ0v) is 14.1. The molecule has 1 saturated carbocycles. The molecule has 1 atom stereocenters. The lowest BCUT2D eigenvalue weighted by molar-refractivity contribution is -0.0593. The Morgan fingerprint density at radius 2 is 1.96 bits per heavy atom. The first kappa shape index (κ1) is 15.5. The van der Waals surface area contributed by atoms with E-state index in [0.717, 1.165) is 38.2 Å². The van der Waals surface area contributed by atoms with Crippen molar-refractivity contribution in [3.05, 3.63) is 48.3 Å². The first-order chi connectivity index (χ1) is 11.7. The molecule has 2 aromatic heterocycles. The lowest BCUT2D eigenvalue weighted by Gasteiger charge is -2.56. The first-order valence-electron chi connectivity index (χ1n) is 8.73. The van der Waals surface area contributed by atoms with Crippen LogP contribution >= 0.6 is 0 Å². The van der Waals surface area contributed by atoms with Gasteiger partial charge in [-0.05, 0) is 62.4 Å². The van der Waals surface area contributed by atoms with E-state index in [1.807, 2.05) is 17.0 Å². The van der Waals surface area contributed by atoms with Crippen LogP contribution in [0.4, 0.5) is 0 Å². The lowest BCUT2D eigenvalue weighted by Crippen LogP contribution is -2.58. The van der Waals surface area contributed by atoms with Crippen molar-refractivity contribution < 1.29 is 13.6 Å². The van der Waals surface area contributed by atoms with E-state index in [9.17, 15) is 4.79 Å². The van der Waals surface area contributed by atoms with Gasteiger partial charge in [-0.25, -0.2) is 0 Å². The minimum absolute atomic E-state index is 0.0228. The van der Waals surface area contributed by atoms with Gasteiger partial charge in [0.25, 0.3) is 5.91 Å². The van der Waals surface area contributed by atoms with Gasteiger partial charge in [0.2, 0.25) is 0 Å². The van der Waals surface area contributed by atoms with Gasteiger partial charge in [-0.1, -0.05) is 0 Å². The molecular weight excluding hydrogens is 304 g/mol.